The van der Waals surface area contributed by atoms with Crippen LogP contribution in [0.2, 0.25) is 0 Å². The van der Waals surface area contributed by atoms with Gasteiger partial charge in [-0.25, -0.2) is 0 Å². The van der Waals surface area contributed by atoms with Gasteiger partial charge in [-0.05, 0) is 60.2 Å². The number of benzene rings is 3. The first kappa shape index (κ1) is 21.5. The fourth-order valence-corrected chi connectivity index (χ4v) is 6.05. The van der Waals surface area contributed by atoms with Crippen LogP contribution in [-0.4, -0.2) is 65.3 Å². The maximum Gasteiger partial charge on any atom is 0.261 e. The number of hydrogen-bond acceptors (Lipinski definition) is 4. The van der Waals surface area contributed by atoms with Crippen LogP contribution in [0.1, 0.15) is 45.5 Å². The lowest BCUT2D eigenvalue weighted by molar-refractivity contribution is 0.0493. The number of likely N-dealkylation sites (tertiary alicyclic amines) is 2. The summed E-state index contributed by atoms with van der Waals surface area (Å²) in [5.74, 6) is 0.472. The summed E-state index contributed by atoms with van der Waals surface area (Å²) in [6.45, 7) is 6.38. The van der Waals surface area contributed by atoms with Gasteiger partial charge in [-0.15, -0.1) is 0 Å². The number of hydrogen-bond donors (Lipinski definition) is 0. The smallest absolute Gasteiger partial charge is 0.261 e. The molecule has 5 nitrogen and oxygen atoms in total. The van der Waals surface area contributed by atoms with Gasteiger partial charge in [0.25, 0.3) is 11.8 Å². The third kappa shape index (κ3) is 4.04. The predicted octanol–water partition coefficient (Wildman–Crippen LogP) is 4.42. The standard InChI is InChI=1S/C29H31N3O2/c33-28-26-16-23-8-4-5-9-24(23)17-27(26)29(34)32(28)25-11-14-30(15-12-25)19-22-10-13-31(20-22)18-21-6-2-1-3-7-21/h1-9,16-17,22,25H,10-15,18-20H2/t22-/m0/s1. The maximum atomic E-state index is 13.2. The van der Waals surface area contributed by atoms with Crippen LogP contribution >= 0.6 is 0 Å². The third-order valence-corrected chi connectivity index (χ3v) is 7.84. The summed E-state index contributed by atoms with van der Waals surface area (Å²) in [6, 6.07) is 22.4. The van der Waals surface area contributed by atoms with Crippen LogP contribution in [0.15, 0.2) is 66.7 Å². The number of nitrogens with zero attached hydrogens (tertiary/aromatic N) is 3. The summed E-state index contributed by atoms with van der Waals surface area (Å²) in [6.07, 6.45) is 2.98. The van der Waals surface area contributed by atoms with Gasteiger partial charge in [-0.2, -0.15) is 0 Å². The van der Waals surface area contributed by atoms with E-state index < -0.39 is 0 Å². The van der Waals surface area contributed by atoms with Crippen LogP contribution in [0.25, 0.3) is 10.8 Å². The second kappa shape index (κ2) is 8.97. The first-order chi connectivity index (χ1) is 16.7. The number of carbonyl (C=O) groups excluding carboxylic acids is 2. The van der Waals surface area contributed by atoms with Crippen molar-refractivity contribution >= 4 is 22.6 Å². The number of fused-ring (bicyclic) bond motifs is 2. The fraction of sp³-hybridized carbons (Fsp3) is 0.379. The van der Waals surface area contributed by atoms with Crippen LogP contribution in [0, 0.1) is 5.92 Å². The third-order valence-electron chi connectivity index (χ3n) is 7.84. The molecule has 34 heavy (non-hydrogen) atoms. The van der Waals surface area contributed by atoms with E-state index in [1.807, 2.05) is 36.4 Å². The molecule has 2 saturated heterocycles. The molecule has 0 bridgehead atoms. The molecule has 3 aromatic carbocycles. The Labute approximate surface area is 200 Å². The van der Waals surface area contributed by atoms with E-state index in [1.54, 1.807) is 4.90 Å². The topological polar surface area (TPSA) is 43.9 Å². The molecule has 3 aliphatic heterocycles. The number of rotatable bonds is 5. The van der Waals surface area contributed by atoms with Crippen molar-refractivity contribution in [2.24, 2.45) is 5.92 Å². The van der Waals surface area contributed by atoms with Gasteiger partial charge >= 0.3 is 0 Å². The zero-order valence-electron chi connectivity index (χ0n) is 19.5. The molecule has 6 rings (SSSR count). The molecule has 2 amide bonds. The second-order valence-corrected chi connectivity index (χ2v) is 10.1. The molecular formula is C29H31N3O2. The summed E-state index contributed by atoms with van der Waals surface area (Å²) in [7, 11) is 0. The summed E-state index contributed by atoms with van der Waals surface area (Å²) in [5.41, 5.74) is 2.52. The van der Waals surface area contributed by atoms with E-state index >= 15 is 0 Å². The van der Waals surface area contributed by atoms with E-state index in [9.17, 15) is 9.59 Å². The Bertz CT molecular complexity index is 1160. The molecule has 5 heteroatoms. The van der Waals surface area contributed by atoms with Crippen molar-refractivity contribution in [3.05, 3.63) is 83.4 Å². The van der Waals surface area contributed by atoms with Crippen molar-refractivity contribution in [3.63, 3.8) is 0 Å². The van der Waals surface area contributed by atoms with Gasteiger partial charge in [0.1, 0.15) is 0 Å². The number of imide groups is 1. The highest BCUT2D eigenvalue weighted by Crippen LogP contribution is 2.32. The van der Waals surface area contributed by atoms with Crippen molar-refractivity contribution in [1.82, 2.24) is 14.7 Å². The van der Waals surface area contributed by atoms with E-state index in [1.165, 1.54) is 18.5 Å². The minimum Gasteiger partial charge on any atom is -0.303 e. The number of amides is 2. The van der Waals surface area contributed by atoms with Crippen molar-refractivity contribution in [3.8, 4) is 0 Å². The molecule has 0 radical (unpaired) electrons. The Hall–Kier alpha value is -3.02. The summed E-state index contributed by atoms with van der Waals surface area (Å²) < 4.78 is 0. The lowest BCUT2D eigenvalue weighted by Crippen LogP contribution is -2.48. The maximum absolute atomic E-state index is 13.2. The predicted molar refractivity (Wildman–Crippen MR) is 134 cm³/mol. The molecule has 2 fully saturated rings. The largest absolute Gasteiger partial charge is 0.303 e. The molecule has 0 spiro atoms. The first-order valence-electron chi connectivity index (χ1n) is 12.5. The molecule has 0 aliphatic carbocycles. The molecule has 3 aromatic rings. The van der Waals surface area contributed by atoms with E-state index in [0.29, 0.717) is 17.0 Å². The van der Waals surface area contributed by atoms with E-state index in [2.05, 4.69) is 40.1 Å². The van der Waals surface area contributed by atoms with Gasteiger partial charge < -0.3 is 4.90 Å². The van der Waals surface area contributed by atoms with Gasteiger partial charge in [0.05, 0.1) is 11.1 Å². The lowest BCUT2D eigenvalue weighted by Gasteiger charge is -2.36. The van der Waals surface area contributed by atoms with Crippen LogP contribution in [0.3, 0.4) is 0 Å². The van der Waals surface area contributed by atoms with Crippen LogP contribution in [0.5, 0.6) is 0 Å². The molecule has 1 atom stereocenters. The normalized spacial score (nSPS) is 22.1. The highest BCUT2D eigenvalue weighted by Gasteiger charge is 2.41. The van der Waals surface area contributed by atoms with Crippen molar-refractivity contribution in [2.75, 3.05) is 32.7 Å². The van der Waals surface area contributed by atoms with Crippen molar-refractivity contribution in [2.45, 2.75) is 31.8 Å². The highest BCUT2D eigenvalue weighted by molar-refractivity contribution is 6.23. The Balaban J connectivity index is 1.05. The summed E-state index contributed by atoms with van der Waals surface area (Å²) >= 11 is 0. The molecule has 0 saturated carbocycles. The summed E-state index contributed by atoms with van der Waals surface area (Å²) in [4.78, 5) is 33.0. The minimum atomic E-state index is -0.114. The van der Waals surface area contributed by atoms with Crippen molar-refractivity contribution in [1.29, 1.82) is 0 Å². The van der Waals surface area contributed by atoms with E-state index in [0.717, 1.165) is 56.3 Å². The quantitative estimate of drug-likeness (QED) is 0.537. The van der Waals surface area contributed by atoms with Gasteiger partial charge in [0, 0.05) is 38.8 Å². The van der Waals surface area contributed by atoms with Gasteiger partial charge in [0.2, 0.25) is 0 Å². The Morgan fingerprint density at radius 3 is 1.94 bits per heavy atom. The lowest BCUT2D eigenvalue weighted by atomic mass is 10.0. The molecule has 0 unspecified atom stereocenters. The monoisotopic (exact) mass is 453 g/mol. The highest BCUT2D eigenvalue weighted by atomic mass is 16.2. The SMILES string of the molecule is O=C1c2cc3ccccc3cc2C(=O)N1C1CCN(C[C@@H]2CCN(Cc3ccccc3)C2)CC1. The number of carbonyl (C=O) groups is 2. The first-order valence-corrected chi connectivity index (χ1v) is 12.5. The van der Waals surface area contributed by atoms with E-state index in [4.69, 9.17) is 0 Å². The molecule has 0 N–H and O–H groups in total. The van der Waals surface area contributed by atoms with Gasteiger partial charge in [0.15, 0.2) is 0 Å². The zero-order chi connectivity index (χ0) is 23.1. The number of piperidine rings is 1. The minimum absolute atomic E-state index is 0.00456. The zero-order valence-corrected chi connectivity index (χ0v) is 19.5. The van der Waals surface area contributed by atoms with Crippen LogP contribution < -0.4 is 0 Å². The average Bonchev–Trinajstić information content (AvgIpc) is 3.40. The molecular weight excluding hydrogens is 422 g/mol. The van der Waals surface area contributed by atoms with Gasteiger partial charge in [-0.1, -0.05) is 54.6 Å². The van der Waals surface area contributed by atoms with Crippen LogP contribution in [0.4, 0.5) is 0 Å². The average molecular weight is 454 g/mol. The van der Waals surface area contributed by atoms with Crippen LogP contribution in [-0.2, 0) is 6.54 Å². The Morgan fingerprint density at radius 1 is 0.706 bits per heavy atom. The van der Waals surface area contributed by atoms with Gasteiger partial charge in [-0.3, -0.25) is 19.4 Å². The summed E-state index contributed by atoms with van der Waals surface area (Å²) in [5, 5.41) is 2.02. The van der Waals surface area contributed by atoms with Crippen molar-refractivity contribution < 1.29 is 9.59 Å². The molecule has 0 aromatic heterocycles. The second-order valence-electron chi connectivity index (χ2n) is 10.1. The Morgan fingerprint density at radius 2 is 1.29 bits per heavy atom. The Kier molecular flexibility index (Phi) is 5.67. The molecule has 3 aliphatic rings. The fourth-order valence-electron chi connectivity index (χ4n) is 6.05. The van der Waals surface area contributed by atoms with E-state index in [-0.39, 0.29) is 17.9 Å². The molecule has 174 valence electrons. The molecule has 3 heterocycles.